The van der Waals surface area contributed by atoms with Crippen LogP contribution in [0.5, 0.6) is 0 Å². The molecule has 2 aromatic heterocycles. The van der Waals surface area contributed by atoms with Crippen molar-refractivity contribution in [3.8, 4) is 22.3 Å². The molecule has 502 valence electrons. The molecule has 0 aliphatic heterocycles. The van der Waals surface area contributed by atoms with Gasteiger partial charge in [0, 0.05) is 102 Å². The van der Waals surface area contributed by atoms with Gasteiger partial charge in [-0.05, 0) is 157 Å². The third-order valence-corrected chi connectivity index (χ3v) is 14.7. The Morgan fingerprint density at radius 2 is 0.989 bits per heavy atom. The van der Waals surface area contributed by atoms with Crippen molar-refractivity contribution in [3.05, 3.63) is 234 Å². The molecule has 1 unspecified atom stereocenters. The van der Waals surface area contributed by atoms with Crippen LogP contribution in [0.4, 0.5) is 35.1 Å². The summed E-state index contributed by atoms with van der Waals surface area (Å²) in [6.45, 7) is -37.1. The van der Waals surface area contributed by atoms with Gasteiger partial charge in [-0.3, -0.25) is 19.2 Å². The molecule has 95 heavy (non-hydrogen) atoms. The van der Waals surface area contributed by atoms with E-state index < -0.39 is 298 Å². The largest absolute Gasteiger partial charge is 0.416 e. The van der Waals surface area contributed by atoms with E-state index in [1.807, 2.05) is 0 Å². The lowest BCUT2D eigenvalue weighted by Crippen LogP contribution is -2.40. The first-order valence-electron chi connectivity index (χ1n) is 48.1. The fourth-order valence-corrected chi connectivity index (χ4v) is 9.87. The number of hydrogen-bond donors (Lipinski definition) is 0. The number of rotatable bonds is 26. The van der Waals surface area contributed by atoms with E-state index in [0.717, 1.165) is 50.2 Å². The summed E-state index contributed by atoms with van der Waals surface area (Å²) in [5.41, 5.74) is -19.9. The van der Waals surface area contributed by atoms with Crippen LogP contribution in [-0.4, -0.2) is 102 Å². The van der Waals surface area contributed by atoms with Gasteiger partial charge in [-0.1, -0.05) is 155 Å². The molecule has 2 amide bonds. The van der Waals surface area contributed by atoms with Gasteiger partial charge >= 0.3 is 12.4 Å². The molecular weight excluding hydrogens is 1270 g/mol. The maximum absolute atomic E-state index is 15.4. The first kappa shape index (κ1) is 34.8. The van der Waals surface area contributed by atoms with Crippen LogP contribution in [0.3, 0.4) is 0 Å². The van der Waals surface area contributed by atoms with Crippen molar-refractivity contribution in [2.75, 3.05) is 52.0 Å². The van der Waals surface area contributed by atoms with Gasteiger partial charge in [0.15, 0.2) is 10.3 Å². The summed E-state index contributed by atoms with van der Waals surface area (Å²) in [7, 11) is 0. The molecule has 2 aliphatic rings. The van der Waals surface area contributed by atoms with Crippen molar-refractivity contribution >= 4 is 35.3 Å². The number of hydrogen-bond acceptors (Lipinski definition) is 10. The van der Waals surface area contributed by atoms with E-state index >= 15 is 4.79 Å². The number of fused-ring (bicyclic) bond motifs is 2. The predicted molar refractivity (Wildman–Crippen MR) is 358 cm³/mol. The minimum Gasteiger partial charge on any atom is -0.336 e. The summed E-state index contributed by atoms with van der Waals surface area (Å²) in [6, 6.07) is -4.55. The Morgan fingerprint density at radius 1 is 0.537 bits per heavy atom. The lowest BCUT2D eigenvalue weighted by molar-refractivity contribution is -0.138. The van der Waals surface area contributed by atoms with Gasteiger partial charge in [0.25, 0.3) is 11.1 Å². The maximum Gasteiger partial charge on any atom is 0.416 e. The zero-order valence-electron chi connectivity index (χ0n) is 91.0. The molecule has 6 aromatic carbocycles. The lowest BCUT2D eigenvalue weighted by atomic mass is 10.0. The smallest absolute Gasteiger partial charge is 0.336 e. The zero-order valence-corrected chi connectivity index (χ0v) is 51.6. The van der Waals surface area contributed by atoms with Gasteiger partial charge in [0.05, 0.1) is 38.5 Å². The van der Waals surface area contributed by atoms with Crippen LogP contribution >= 0.6 is 23.5 Å². The van der Waals surface area contributed by atoms with E-state index in [2.05, 4.69) is 9.97 Å². The molecule has 0 saturated heterocycles. The minimum absolute atomic E-state index is 0.0100. The minimum atomic E-state index is -5.49. The number of likely N-dealkylation sites (N-methyl/N-ethyl adjacent to an activating group) is 2. The highest BCUT2D eigenvalue weighted by Gasteiger charge is 2.33. The number of halogens is 8. The molecule has 0 radical (unpaired) electrons. The Kier molecular flexibility index (Phi) is 12.0. The second-order valence-electron chi connectivity index (χ2n) is 19.4. The Bertz CT molecular complexity index is 6080. The topological polar surface area (TPSA) is 117 Å². The quantitative estimate of drug-likeness (QED) is 0.0295. The van der Waals surface area contributed by atoms with Crippen molar-refractivity contribution in [3.63, 3.8) is 0 Å². The number of carbonyl (C=O) groups is 2. The van der Waals surface area contributed by atoms with Crippen molar-refractivity contribution in [1.29, 1.82) is 0 Å². The highest BCUT2D eigenvalue weighted by Crippen LogP contribution is 2.35. The summed E-state index contributed by atoms with van der Waals surface area (Å²) in [4.78, 5) is 63.8. The highest BCUT2D eigenvalue weighted by molar-refractivity contribution is 7.98. The molecule has 2 heterocycles. The summed E-state index contributed by atoms with van der Waals surface area (Å²) in [6.07, 6.45) is -17.2. The van der Waals surface area contributed by atoms with Crippen molar-refractivity contribution < 1.29 is 101 Å². The van der Waals surface area contributed by atoms with Gasteiger partial charge in [0.1, 0.15) is 24.6 Å². The average molecular weight is 1390 g/mol. The maximum atomic E-state index is 15.4. The van der Waals surface area contributed by atoms with E-state index in [1.165, 1.54) is 36.4 Å². The van der Waals surface area contributed by atoms with Gasteiger partial charge < -0.3 is 28.7 Å². The van der Waals surface area contributed by atoms with Crippen LogP contribution in [0, 0.1) is 17.5 Å². The van der Waals surface area contributed by atoms with E-state index in [0.29, 0.717) is 36.5 Å². The van der Waals surface area contributed by atoms with E-state index in [4.69, 9.17) is 48.0 Å². The molecule has 0 spiro atoms. The van der Waals surface area contributed by atoms with Gasteiger partial charge in [-0.25, -0.2) is 8.78 Å². The Hall–Kier alpha value is -7.92. The fraction of sp³-hybridized carbons (Fsp3) is 0.370. The van der Waals surface area contributed by atoms with Crippen molar-refractivity contribution in [2.45, 2.75) is 127 Å². The van der Waals surface area contributed by atoms with Gasteiger partial charge in [0.2, 0.25) is 11.8 Å². The van der Waals surface area contributed by atoms with Crippen molar-refractivity contribution in [1.82, 2.24) is 38.7 Å². The van der Waals surface area contributed by atoms with Crippen LogP contribution in [0.1, 0.15) is 153 Å². The Balaban J connectivity index is 0.000000308. The lowest BCUT2D eigenvalue weighted by Gasteiger charge is -2.28. The molecule has 0 fully saturated rings. The number of thioether (sulfide) groups is 2. The van der Waals surface area contributed by atoms with Gasteiger partial charge in [-0.2, -0.15) is 36.3 Å². The first-order valence-corrected chi connectivity index (χ1v) is 29.3. The number of carbonyl (C=O) groups excluding carboxylic acids is 2. The normalized spacial score (nSPS) is 23.5. The summed E-state index contributed by atoms with van der Waals surface area (Å²) < 4.78 is 466. The average Bonchev–Trinajstić information content (AvgIpc) is 1.51. The third-order valence-electron chi connectivity index (χ3n) is 13.1. The SMILES string of the molecule is [2H]c1c([2H])c(-c2c([2H])c([2H])c(C(F)(F)F)c([2H])c2[2H])c([2H])c([2H])c1CN(C(=O)C([2H])([2H])n1c(SC([2H])([2H])c2ccc(F)cc2)nc(=O)c2c1C([2H])([2H])C([2H])(C)C2([2H])[2H])C([2H])([2H])C([2H])([2H])N(C([2H])([2H])C)C([2H])([2H])C.[2H]c1c([2H])c(C([2H])([2H])Sc2nc(=O)c3c(n2C([2H])([2H])C(=O)N(Cc2ccc(-c4ccc(C(F)(F)F)cc4)cc2)C([2H])([2H])C([2H])([2H])N(C([2H])([2H])C)C([2H])([2H])C)CCC3)c([2H])c([2H])c1F. The molecule has 0 saturated carbocycles. The fourth-order valence-electron chi connectivity index (χ4n) is 8.50. The van der Waals surface area contributed by atoms with Crippen LogP contribution in [-0.2, 0) is 85.0 Å². The Morgan fingerprint density at radius 3 is 1.51 bits per heavy atom. The van der Waals surface area contributed by atoms with Crippen LogP contribution in [0.25, 0.3) is 22.3 Å². The summed E-state index contributed by atoms with van der Waals surface area (Å²) in [5.74, 6) is -10.2. The van der Waals surface area contributed by atoms with Gasteiger partial charge in [-0.15, -0.1) is 0 Å². The second-order valence-corrected chi connectivity index (χ2v) is 21.0. The number of aromatic nitrogens is 4. The monoisotopic (exact) mass is 1390 g/mol. The molecule has 0 bridgehead atoms. The second kappa shape index (κ2) is 32.7. The number of amides is 2. The third kappa shape index (κ3) is 19.2. The van der Waals surface area contributed by atoms with E-state index in [-0.39, 0.29) is 74.0 Å². The molecule has 22 heteroatoms. The van der Waals surface area contributed by atoms with Crippen LogP contribution < -0.4 is 11.1 Å². The number of alkyl halides is 6. The van der Waals surface area contributed by atoms with Crippen molar-refractivity contribution in [2.24, 2.45) is 5.89 Å². The van der Waals surface area contributed by atoms with Crippen LogP contribution in [0.15, 0.2) is 165 Å². The molecule has 0 N–H and O–H groups in total. The number of benzene rings is 6. The standard InChI is InChI=1S/C37H40F4N4O2S.C36H38F4N4O2S/c1-4-43(5-2)18-19-44(22-26-6-10-28(11-7-26)29-12-14-30(15-13-29)37(39,40)41)34(46)23-45-33-21-25(3)20-32(33)35(47)42-36(45)48-24-27-8-16-31(38)17-9-27;1-3-42(4-2)20-21-43(22-25-8-12-27(13-9-25)28-14-16-29(17-15-28)36(38,39)40)33(45)23-44-32-7-5-6-31(32)34(46)41-35(44)47-24-26-10-18-30(37)19-11-26/h6-17,25H,4-5,18-24H2,1-3H3;8-19H,3-7,20-24H2,1-2H3/i4D2,5D2,6D,7D,10D,11D,12D,13D,14D,15D,18D2,19D2,20D2,21D2,23D2,24D2,25D;3D2,4D2,10D,11D,18D,19D,20D2,21D2,23D2,24D2. The van der Waals surface area contributed by atoms with Crippen LogP contribution in [0.2, 0.25) is 0 Å². The molecule has 1 atom stereocenters. The van der Waals surface area contributed by atoms with E-state index in [9.17, 15) is 57.7 Å². The summed E-state index contributed by atoms with van der Waals surface area (Å²) in [5, 5.41) is -2.31. The molecule has 10 rings (SSSR count). The molecule has 2 aliphatic carbocycles. The number of nitrogens with zero attached hydrogens (tertiary/aromatic N) is 8. The Labute approximate surface area is 615 Å². The van der Waals surface area contributed by atoms with E-state index in [1.54, 1.807) is 0 Å². The molecular formula is C73H78F8N8O4S2. The molecule has 8 aromatic rings. The first-order chi connectivity index (χ1) is 61.1. The zero-order chi connectivity index (χ0) is 104. The summed E-state index contributed by atoms with van der Waals surface area (Å²) >= 11 is -0.440. The predicted octanol–water partition coefficient (Wildman–Crippen LogP) is 14.7. The highest BCUT2D eigenvalue weighted by atomic mass is 32.2. The molecule has 12 nitrogen and oxygen atoms in total.